The summed E-state index contributed by atoms with van der Waals surface area (Å²) in [5.74, 6) is 0. The van der Waals surface area contributed by atoms with E-state index in [1.54, 1.807) is 0 Å². The van der Waals surface area contributed by atoms with Crippen molar-refractivity contribution in [1.82, 2.24) is 0 Å². The van der Waals surface area contributed by atoms with Gasteiger partial charge >= 0.3 is 0 Å². The average molecular weight is 369 g/mol. The van der Waals surface area contributed by atoms with E-state index in [1.165, 1.54) is 46.2 Å². The molecule has 1 fully saturated rings. The van der Waals surface area contributed by atoms with Gasteiger partial charge in [-0.25, -0.2) is 0 Å². The summed E-state index contributed by atoms with van der Waals surface area (Å²) in [4.78, 5) is 0. The molecule has 0 bridgehead atoms. The highest BCUT2D eigenvalue weighted by Gasteiger charge is 2.17. The second kappa shape index (κ2) is 9.03. The van der Waals surface area contributed by atoms with Gasteiger partial charge in [-0.05, 0) is 59.1 Å². The lowest BCUT2D eigenvalue weighted by Gasteiger charge is -2.23. The predicted molar refractivity (Wildman–Crippen MR) is 118 cm³/mol. The maximum absolute atomic E-state index is 5.97. The molecule has 0 N–H and O–H groups in total. The average Bonchev–Trinajstić information content (AvgIpc) is 2.79. The van der Waals surface area contributed by atoms with E-state index in [0.717, 1.165) is 19.4 Å². The molecule has 1 atom stereocenters. The Kier molecular flexibility index (Phi) is 6.04. The molecule has 142 valence electrons. The van der Waals surface area contributed by atoms with E-state index in [0.29, 0.717) is 0 Å². The van der Waals surface area contributed by atoms with Crippen LogP contribution < -0.4 is 0 Å². The molecule has 0 spiro atoms. The van der Waals surface area contributed by atoms with Crippen LogP contribution in [0, 0.1) is 0 Å². The normalized spacial score (nSPS) is 17.8. The van der Waals surface area contributed by atoms with E-state index in [2.05, 4.69) is 91.9 Å². The van der Waals surface area contributed by atoms with E-state index in [4.69, 9.17) is 4.74 Å². The summed E-state index contributed by atoms with van der Waals surface area (Å²) in [5.41, 5.74) is 7.84. The summed E-state index contributed by atoms with van der Waals surface area (Å²) in [6, 6.07) is 30.6. The van der Waals surface area contributed by atoms with Crippen LogP contribution in [-0.2, 0) is 4.74 Å². The summed E-state index contributed by atoms with van der Waals surface area (Å²) < 4.78 is 5.97. The minimum absolute atomic E-state index is 0.256. The van der Waals surface area contributed by atoms with Crippen LogP contribution in [-0.4, -0.2) is 6.61 Å². The highest BCUT2D eigenvalue weighted by Crippen LogP contribution is 2.35. The van der Waals surface area contributed by atoms with Crippen molar-refractivity contribution in [3.63, 3.8) is 0 Å². The fourth-order valence-electron chi connectivity index (χ4n) is 4.15. The standard InChI is InChI=1S/C27H28O/c1-2-25(21-11-5-3-6-12-21)27(23-13-7-4-8-14-23)24-18-16-22(17-19-24)26-15-9-10-20-28-26/h3-8,11-14,16-19,26H,2,9-10,15,20H2,1H3/b27-25+. The van der Waals surface area contributed by atoms with E-state index < -0.39 is 0 Å². The number of hydrogen-bond donors (Lipinski definition) is 0. The van der Waals surface area contributed by atoms with Crippen LogP contribution in [0.3, 0.4) is 0 Å². The van der Waals surface area contributed by atoms with Crippen LogP contribution >= 0.6 is 0 Å². The molecule has 3 aromatic carbocycles. The van der Waals surface area contributed by atoms with E-state index in [9.17, 15) is 0 Å². The van der Waals surface area contributed by atoms with Crippen LogP contribution in [0.25, 0.3) is 11.1 Å². The topological polar surface area (TPSA) is 9.23 Å². The molecule has 1 saturated heterocycles. The van der Waals surface area contributed by atoms with Gasteiger partial charge in [0, 0.05) is 6.61 Å². The zero-order valence-electron chi connectivity index (χ0n) is 16.6. The molecule has 28 heavy (non-hydrogen) atoms. The number of allylic oxidation sites excluding steroid dienone is 1. The third-order valence-electron chi connectivity index (χ3n) is 5.59. The molecule has 0 saturated carbocycles. The number of ether oxygens (including phenoxy) is 1. The molecule has 0 aromatic heterocycles. The maximum atomic E-state index is 5.97. The van der Waals surface area contributed by atoms with Gasteiger partial charge in [-0.15, -0.1) is 0 Å². The summed E-state index contributed by atoms with van der Waals surface area (Å²) >= 11 is 0. The van der Waals surface area contributed by atoms with Gasteiger partial charge < -0.3 is 4.74 Å². The first kappa shape index (κ1) is 18.7. The first-order chi connectivity index (χ1) is 13.9. The highest BCUT2D eigenvalue weighted by molar-refractivity contribution is 5.98. The molecule has 1 heterocycles. The molecule has 0 aliphatic carbocycles. The Labute approximate surface area is 168 Å². The minimum atomic E-state index is 0.256. The van der Waals surface area contributed by atoms with Crippen molar-refractivity contribution in [2.45, 2.75) is 38.7 Å². The number of hydrogen-bond acceptors (Lipinski definition) is 1. The van der Waals surface area contributed by atoms with E-state index >= 15 is 0 Å². The predicted octanol–water partition coefficient (Wildman–Crippen LogP) is 7.30. The van der Waals surface area contributed by atoms with Crippen LogP contribution in [0.1, 0.15) is 61.0 Å². The summed E-state index contributed by atoms with van der Waals surface area (Å²) in [6.07, 6.45) is 4.82. The molecule has 0 radical (unpaired) electrons. The Morgan fingerprint density at radius 3 is 1.93 bits per heavy atom. The Balaban J connectivity index is 1.79. The third kappa shape index (κ3) is 4.10. The van der Waals surface area contributed by atoms with Crippen LogP contribution in [0.2, 0.25) is 0 Å². The first-order valence-corrected chi connectivity index (χ1v) is 10.4. The second-order valence-electron chi connectivity index (χ2n) is 7.42. The second-order valence-corrected chi connectivity index (χ2v) is 7.42. The highest BCUT2D eigenvalue weighted by atomic mass is 16.5. The van der Waals surface area contributed by atoms with Crippen molar-refractivity contribution in [2.75, 3.05) is 6.61 Å². The number of benzene rings is 3. The molecule has 1 heteroatoms. The zero-order valence-corrected chi connectivity index (χ0v) is 16.6. The lowest BCUT2D eigenvalue weighted by atomic mass is 9.87. The lowest BCUT2D eigenvalue weighted by molar-refractivity contribution is 0.0149. The fraction of sp³-hybridized carbons (Fsp3) is 0.259. The molecule has 1 nitrogen and oxygen atoms in total. The minimum Gasteiger partial charge on any atom is -0.374 e. The van der Waals surface area contributed by atoms with Crippen LogP contribution in [0.4, 0.5) is 0 Å². The largest absolute Gasteiger partial charge is 0.374 e. The molecule has 3 aromatic rings. The monoisotopic (exact) mass is 368 g/mol. The van der Waals surface area contributed by atoms with Gasteiger partial charge in [-0.1, -0.05) is 91.9 Å². The quantitative estimate of drug-likeness (QED) is 0.429. The van der Waals surface area contributed by atoms with Gasteiger partial charge in [-0.3, -0.25) is 0 Å². The Hall–Kier alpha value is -2.64. The van der Waals surface area contributed by atoms with Crippen molar-refractivity contribution in [1.29, 1.82) is 0 Å². The fourth-order valence-corrected chi connectivity index (χ4v) is 4.15. The molecule has 1 aliphatic rings. The van der Waals surface area contributed by atoms with Crippen LogP contribution in [0.15, 0.2) is 84.9 Å². The zero-order chi connectivity index (χ0) is 19.2. The van der Waals surface area contributed by atoms with Crippen molar-refractivity contribution >= 4 is 11.1 Å². The van der Waals surface area contributed by atoms with Gasteiger partial charge in [0.05, 0.1) is 6.10 Å². The van der Waals surface area contributed by atoms with Gasteiger partial charge in [0.1, 0.15) is 0 Å². The third-order valence-corrected chi connectivity index (χ3v) is 5.59. The first-order valence-electron chi connectivity index (χ1n) is 10.4. The van der Waals surface area contributed by atoms with Gasteiger partial charge in [0.25, 0.3) is 0 Å². The van der Waals surface area contributed by atoms with Crippen LogP contribution in [0.5, 0.6) is 0 Å². The molecular weight excluding hydrogens is 340 g/mol. The Morgan fingerprint density at radius 2 is 1.36 bits per heavy atom. The van der Waals surface area contributed by atoms with Crippen molar-refractivity contribution in [2.24, 2.45) is 0 Å². The summed E-state index contributed by atoms with van der Waals surface area (Å²) in [5, 5.41) is 0. The Bertz CT molecular complexity index is 901. The molecule has 1 unspecified atom stereocenters. The van der Waals surface area contributed by atoms with Gasteiger partial charge in [-0.2, -0.15) is 0 Å². The van der Waals surface area contributed by atoms with E-state index in [1.807, 2.05) is 0 Å². The smallest absolute Gasteiger partial charge is 0.0824 e. The van der Waals surface area contributed by atoms with Gasteiger partial charge in [0.2, 0.25) is 0 Å². The Morgan fingerprint density at radius 1 is 0.750 bits per heavy atom. The summed E-state index contributed by atoms with van der Waals surface area (Å²) in [6.45, 7) is 3.13. The van der Waals surface area contributed by atoms with Crippen molar-refractivity contribution < 1.29 is 4.74 Å². The van der Waals surface area contributed by atoms with E-state index in [-0.39, 0.29) is 6.10 Å². The molecule has 0 amide bonds. The molecule has 4 rings (SSSR count). The lowest BCUT2D eigenvalue weighted by Crippen LogP contribution is -2.11. The van der Waals surface area contributed by atoms with Crippen molar-refractivity contribution in [3.8, 4) is 0 Å². The summed E-state index contributed by atoms with van der Waals surface area (Å²) in [7, 11) is 0. The number of rotatable bonds is 5. The van der Waals surface area contributed by atoms with Gasteiger partial charge in [0.15, 0.2) is 0 Å². The SMILES string of the molecule is CC/C(=C(/c1ccccc1)c1ccc(C2CCCCO2)cc1)c1ccccc1. The maximum Gasteiger partial charge on any atom is 0.0824 e. The molecule has 1 aliphatic heterocycles. The van der Waals surface area contributed by atoms with Crippen molar-refractivity contribution in [3.05, 3.63) is 107 Å². The molecular formula is C27H28O.